The summed E-state index contributed by atoms with van der Waals surface area (Å²) in [6, 6.07) is -0.540. The van der Waals surface area contributed by atoms with Gasteiger partial charge in [0.2, 0.25) is 5.91 Å². The smallest absolute Gasteiger partial charge is 0.305 e. The van der Waals surface area contributed by atoms with E-state index in [1.807, 2.05) is 0 Å². The summed E-state index contributed by atoms with van der Waals surface area (Å²) < 4.78 is 5.50. The molecule has 0 aliphatic carbocycles. The average Bonchev–Trinajstić information content (AvgIpc) is 3.60. The molecule has 0 radical (unpaired) electrons. The molecule has 1 amide bonds. The van der Waals surface area contributed by atoms with Gasteiger partial charge in [-0.05, 0) is 83.5 Å². The first kappa shape index (κ1) is 84.1. The second kappa shape index (κ2) is 75.5. The van der Waals surface area contributed by atoms with Crippen LogP contribution >= 0.6 is 0 Å². The minimum Gasteiger partial charge on any atom is -0.466 e. The quantitative estimate of drug-likeness (QED) is 0.0320. The number of carbonyl (C=O) groups excluding carboxylic acids is 2. The molecule has 0 fully saturated rings. The molecule has 6 nitrogen and oxygen atoms in total. The third-order valence-corrected chi connectivity index (χ3v) is 18.4. The van der Waals surface area contributed by atoms with Crippen molar-refractivity contribution in [1.29, 1.82) is 0 Å². The van der Waals surface area contributed by atoms with Crippen LogP contribution < -0.4 is 5.32 Å². The molecule has 3 N–H and O–H groups in total. The Labute approximate surface area is 538 Å². The van der Waals surface area contributed by atoms with Gasteiger partial charge in [-0.2, -0.15) is 0 Å². The lowest BCUT2D eigenvalue weighted by atomic mass is 10.0. The minimum absolute atomic E-state index is 0.0120. The van der Waals surface area contributed by atoms with Gasteiger partial charge in [0, 0.05) is 12.8 Å². The van der Waals surface area contributed by atoms with Crippen molar-refractivity contribution in [2.45, 2.75) is 450 Å². The van der Waals surface area contributed by atoms with Crippen LogP contribution in [0.25, 0.3) is 0 Å². The molecule has 0 aliphatic rings. The van der Waals surface area contributed by atoms with E-state index in [9.17, 15) is 19.8 Å². The van der Waals surface area contributed by atoms with E-state index in [1.165, 1.54) is 353 Å². The number of ether oxygens (including phenoxy) is 1. The van der Waals surface area contributed by atoms with Crippen LogP contribution in [0.5, 0.6) is 0 Å². The highest BCUT2D eigenvalue weighted by Gasteiger charge is 2.20. The van der Waals surface area contributed by atoms with Crippen LogP contribution in [0, 0.1) is 0 Å². The van der Waals surface area contributed by atoms with E-state index in [-0.39, 0.29) is 18.5 Å². The van der Waals surface area contributed by atoms with Gasteiger partial charge in [0.1, 0.15) is 0 Å². The fourth-order valence-electron chi connectivity index (χ4n) is 12.4. The van der Waals surface area contributed by atoms with Crippen LogP contribution in [0.3, 0.4) is 0 Å². The maximum absolute atomic E-state index is 12.5. The van der Waals surface area contributed by atoms with Crippen molar-refractivity contribution >= 4 is 11.9 Å². The van der Waals surface area contributed by atoms with E-state index < -0.39 is 12.1 Å². The number of hydrogen-bond acceptors (Lipinski definition) is 5. The molecule has 86 heavy (non-hydrogen) atoms. The first-order valence-electron chi connectivity index (χ1n) is 39.2. The number of hydrogen-bond donors (Lipinski definition) is 3. The zero-order valence-corrected chi connectivity index (χ0v) is 58.3. The van der Waals surface area contributed by atoms with Crippen LogP contribution in [0.2, 0.25) is 0 Å². The summed E-state index contributed by atoms with van der Waals surface area (Å²) in [5, 5.41) is 23.4. The molecule has 2 unspecified atom stereocenters. The van der Waals surface area contributed by atoms with Crippen molar-refractivity contribution in [2.24, 2.45) is 0 Å². The van der Waals surface area contributed by atoms with E-state index in [1.54, 1.807) is 0 Å². The van der Waals surface area contributed by atoms with Crippen LogP contribution in [0.15, 0.2) is 36.5 Å². The van der Waals surface area contributed by atoms with Gasteiger partial charge >= 0.3 is 5.97 Å². The van der Waals surface area contributed by atoms with E-state index in [0.717, 1.165) is 51.4 Å². The molecule has 0 saturated carbocycles. The number of esters is 1. The van der Waals surface area contributed by atoms with Gasteiger partial charge in [-0.3, -0.25) is 9.59 Å². The van der Waals surface area contributed by atoms with Gasteiger partial charge in [0.05, 0.1) is 25.4 Å². The lowest BCUT2D eigenvalue weighted by molar-refractivity contribution is -0.143. The first-order valence-corrected chi connectivity index (χ1v) is 39.2. The number of aliphatic hydroxyl groups is 2. The summed E-state index contributed by atoms with van der Waals surface area (Å²) in [5.41, 5.74) is 0. The van der Waals surface area contributed by atoms with E-state index in [0.29, 0.717) is 25.9 Å². The summed E-state index contributed by atoms with van der Waals surface area (Å²) >= 11 is 0. The van der Waals surface area contributed by atoms with Crippen LogP contribution in [0.4, 0.5) is 0 Å². The second-order valence-electron chi connectivity index (χ2n) is 27.0. The molecule has 0 heterocycles. The van der Waals surface area contributed by atoms with Crippen molar-refractivity contribution in [3.8, 4) is 0 Å². The molecule has 0 aliphatic heterocycles. The van der Waals surface area contributed by atoms with Crippen molar-refractivity contribution in [1.82, 2.24) is 5.32 Å². The van der Waals surface area contributed by atoms with Crippen LogP contribution in [0.1, 0.15) is 438 Å². The van der Waals surface area contributed by atoms with E-state index >= 15 is 0 Å². The molecule has 0 aromatic rings. The molecular formula is C80H153NO5. The molecule has 0 saturated heterocycles. The predicted molar refractivity (Wildman–Crippen MR) is 379 cm³/mol. The topological polar surface area (TPSA) is 95.9 Å². The number of rotatable bonds is 74. The Morgan fingerprint density at radius 2 is 0.581 bits per heavy atom. The molecule has 0 aromatic carbocycles. The zero-order valence-electron chi connectivity index (χ0n) is 58.3. The third-order valence-electron chi connectivity index (χ3n) is 18.4. The molecule has 6 heteroatoms. The van der Waals surface area contributed by atoms with Gasteiger partial charge in [0.25, 0.3) is 0 Å². The predicted octanol–water partition coefficient (Wildman–Crippen LogP) is 25.8. The van der Waals surface area contributed by atoms with Crippen molar-refractivity contribution < 1.29 is 24.5 Å². The maximum Gasteiger partial charge on any atom is 0.305 e. The monoisotopic (exact) mass is 1210 g/mol. The number of nitrogens with one attached hydrogen (secondary N) is 1. The van der Waals surface area contributed by atoms with Crippen molar-refractivity contribution in [3.63, 3.8) is 0 Å². The highest BCUT2D eigenvalue weighted by atomic mass is 16.5. The number of carbonyl (C=O) groups is 2. The van der Waals surface area contributed by atoms with Crippen molar-refractivity contribution in [2.75, 3.05) is 13.2 Å². The number of allylic oxidation sites excluding steroid dienone is 6. The Kier molecular flexibility index (Phi) is 73.9. The molecule has 0 bridgehead atoms. The summed E-state index contributed by atoms with van der Waals surface area (Å²) in [7, 11) is 0. The summed E-state index contributed by atoms with van der Waals surface area (Å²) in [5.74, 6) is -0.0167. The standard InChI is InChI=1S/C80H153NO5/c1-3-5-7-9-11-13-15-17-19-44-48-52-56-60-64-68-72-78(83)77(76-82)81-79(84)73-69-65-61-57-53-49-45-42-40-38-36-34-32-30-28-26-24-22-21-23-25-27-29-31-33-35-37-39-41-43-47-51-55-59-63-67-71-75-86-80(85)74-70-66-62-58-54-50-46-20-18-16-14-12-10-8-6-4-2/h20-21,23,27,29,46,77-78,82-83H,3-19,22,24-26,28,30-45,47-76H2,1-2H3,(H,81,84)/b23-21-,29-27-,46-20-. The molecule has 2 atom stereocenters. The van der Waals surface area contributed by atoms with Gasteiger partial charge < -0.3 is 20.3 Å². The molecule has 0 spiro atoms. The lowest BCUT2D eigenvalue weighted by Gasteiger charge is -2.22. The van der Waals surface area contributed by atoms with Crippen LogP contribution in [-0.2, 0) is 14.3 Å². The summed E-state index contributed by atoms with van der Waals surface area (Å²) in [6.45, 7) is 4.99. The Bertz CT molecular complexity index is 1390. The Hall–Kier alpha value is -1.92. The first-order chi connectivity index (χ1) is 42.5. The van der Waals surface area contributed by atoms with Gasteiger partial charge in [-0.15, -0.1) is 0 Å². The minimum atomic E-state index is -0.663. The van der Waals surface area contributed by atoms with Gasteiger partial charge in [0.15, 0.2) is 0 Å². The Morgan fingerprint density at radius 3 is 0.895 bits per heavy atom. The fourth-order valence-corrected chi connectivity index (χ4v) is 12.4. The van der Waals surface area contributed by atoms with Gasteiger partial charge in [-0.1, -0.05) is 378 Å². The zero-order chi connectivity index (χ0) is 62.0. The van der Waals surface area contributed by atoms with E-state index in [2.05, 4.69) is 55.6 Å². The highest BCUT2D eigenvalue weighted by molar-refractivity contribution is 5.76. The largest absolute Gasteiger partial charge is 0.466 e. The number of amides is 1. The number of aliphatic hydroxyl groups excluding tert-OH is 2. The number of unbranched alkanes of at least 4 members (excludes halogenated alkanes) is 57. The Morgan fingerprint density at radius 1 is 0.326 bits per heavy atom. The summed E-state index contributed by atoms with van der Waals surface area (Å²) in [4.78, 5) is 24.6. The highest BCUT2D eigenvalue weighted by Crippen LogP contribution is 2.19. The lowest BCUT2D eigenvalue weighted by Crippen LogP contribution is -2.45. The molecule has 508 valence electrons. The maximum atomic E-state index is 12.5. The molecular weight excluding hydrogens is 1050 g/mol. The Balaban J connectivity index is 3.35. The van der Waals surface area contributed by atoms with Crippen molar-refractivity contribution in [3.05, 3.63) is 36.5 Å². The SMILES string of the molecule is CCCCCCCCC/C=C\CCCCCCCC(=O)OCCCCCCCCCCCCCCC/C=C\C/C=C\CCCCCCCCCCCCCCCCCCCC(=O)NC(CO)C(O)CCCCCCCCCCCCCCCCCC. The van der Waals surface area contributed by atoms with Gasteiger partial charge in [-0.25, -0.2) is 0 Å². The molecule has 0 rings (SSSR count). The second-order valence-corrected chi connectivity index (χ2v) is 27.0. The van der Waals surface area contributed by atoms with E-state index in [4.69, 9.17) is 4.74 Å². The third kappa shape index (κ3) is 71.2. The molecule has 0 aromatic heterocycles. The summed E-state index contributed by atoms with van der Waals surface area (Å²) in [6.07, 6.45) is 98.1. The fraction of sp³-hybridized carbons (Fsp3) is 0.900. The normalized spacial score (nSPS) is 12.7. The van der Waals surface area contributed by atoms with Crippen LogP contribution in [-0.4, -0.2) is 47.4 Å². The average molecular weight is 1210 g/mol.